The van der Waals surface area contributed by atoms with Crippen molar-refractivity contribution in [2.75, 3.05) is 0 Å². The van der Waals surface area contributed by atoms with Crippen molar-refractivity contribution >= 4 is 37.3 Å². The lowest BCUT2D eigenvalue weighted by atomic mass is 10.1. The standard InChI is InChI=1S/C30H19N3O2S/c1-31-22-18-21(27-14-9-17-30(32-27)36(34,35)24-10-3-2-4-11-24)19-23(20-22)33-28-15-7-5-12-25(28)26-13-6-8-16-29(26)33/h2-20H. The highest BCUT2D eigenvalue weighted by Crippen LogP contribution is 2.35. The molecule has 6 aromatic rings. The van der Waals surface area contributed by atoms with E-state index in [2.05, 4.69) is 38.7 Å². The molecule has 0 radical (unpaired) electrons. The SMILES string of the molecule is [C-]#[N+]c1cc(-c2cccc(S(=O)(=O)c3ccccc3)n2)cc(-n2c3ccccc3c3ccccc32)c1. The molecule has 0 amide bonds. The van der Waals surface area contributed by atoms with Crippen LogP contribution in [0, 0.1) is 6.57 Å². The van der Waals surface area contributed by atoms with Crippen LogP contribution in [0.4, 0.5) is 5.69 Å². The molecule has 0 aliphatic carbocycles. The molecule has 0 N–H and O–H groups in total. The van der Waals surface area contributed by atoms with E-state index in [1.807, 2.05) is 36.4 Å². The van der Waals surface area contributed by atoms with Crippen molar-refractivity contribution in [1.82, 2.24) is 9.55 Å². The van der Waals surface area contributed by atoms with Crippen LogP contribution < -0.4 is 0 Å². The summed E-state index contributed by atoms with van der Waals surface area (Å²) >= 11 is 0. The van der Waals surface area contributed by atoms with Gasteiger partial charge in [0.15, 0.2) is 10.7 Å². The van der Waals surface area contributed by atoms with Crippen molar-refractivity contribution in [3.63, 3.8) is 0 Å². The first-order valence-corrected chi connectivity index (χ1v) is 12.8. The molecule has 5 nitrogen and oxygen atoms in total. The molecule has 0 spiro atoms. The van der Waals surface area contributed by atoms with Gasteiger partial charge in [-0.3, -0.25) is 0 Å². The third kappa shape index (κ3) is 3.54. The van der Waals surface area contributed by atoms with Crippen LogP contribution in [-0.2, 0) is 9.84 Å². The second-order valence-electron chi connectivity index (χ2n) is 8.40. The predicted octanol–water partition coefficient (Wildman–Crippen LogP) is 7.23. The third-order valence-electron chi connectivity index (χ3n) is 6.22. The van der Waals surface area contributed by atoms with E-state index in [0.29, 0.717) is 16.9 Å². The molecule has 0 aliphatic rings. The molecule has 4 aromatic carbocycles. The third-order valence-corrected chi connectivity index (χ3v) is 7.89. The number of para-hydroxylation sites is 2. The fourth-order valence-corrected chi connectivity index (χ4v) is 5.82. The fraction of sp³-hybridized carbons (Fsp3) is 0. The summed E-state index contributed by atoms with van der Waals surface area (Å²) in [5.41, 5.74) is 4.47. The molecule has 0 aliphatic heterocycles. The molecule has 0 atom stereocenters. The molecule has 36 heavy (non-hydrogen) atoms. The van der Waals surface area contributed by atoms with E-state index in [-0.39, 0.29) is 9.92 Å². The van der Waals surface area contributed by atoms with Crippen molar-refractivity contribution in [2.45, 2.75) is 9.92 Å². The first-order valence-electron chi connectivity index (χ1n) is 11.3. The lowest BCUT2D eigenvalue weighted by Crippen LogP contribution is -2.05. The highest BCUT2D eigenvalue weighted by molar-refractivity contribution is 7.91. The molecule has 0 bridgehead atoms. The van der Waals surface area contributed by atoms with Crippen molar-refractivity contribution < 1.29 is 8.42 Å². The van der Waals surface area contributed by atoms with Crippen LogP contribution in [0.15, 0.2) is 125 Å². The highest BCUT2D eigenvalue weighted by Gasteiger charge is 2.20. The molecule has 0 saturated carbocycles. The largest absolute Gasteiger partial charge is 0.310 e. The average molecular weight is 486 g/mol. The van der Waals surface area contributed by atoms with Gasteiger partial charge in [0.25, 0.3) is 0 Å². The van der Waals surface area contributed by atoms with Gasteiger partial charge in [-0.1, -0.05) is 60.7 Å². The maximum absolute atomic E-state index is 13.2. The Morgan fingerprint density at radius 2 is 1.33 bits per heavy atom. The summed E-state index contributed by atoms with van der Waals surface area (Å²) in [6.45, 7) is 7.70. The number of rotatable bonds is 4. The zero-order valence-corrected chi connectivity index (χ0v) is 19.9. The fourth-order valence-electron chi connectivity index (χ4n) is 4.58. The second kappa shape index (κ2) is 8.49. The van der Waals surface area contributed by atoms with E-state index in [0.717, 1.165) is 27.5 Å². The van der Waals surface area contributed by atoms with Crippen LogP contribution in [0.3, 0.4) is 0 Å². The normalized spacial score (nSPS) is 11.5. The minimum Gasteiger partial charge on any atom is -0.310 e. The molecular formula is C30H19N3O2S. The lowest BCUT2D eigenvalue weighted by molar-refractivity contribution is 0.592. The molecule has 6 rings (SSSR count). The van der Waals surface area contributed by atoms with Gasteiger partial charge in [0.1, 0.15) is 0 Å². The molecule has 0 unspecified atom stereocenters. The van der Waals surface area contributed by atoms with Crippen LogP contribution >= 0.6 is 0 Å². The Morgan fingerprint density at radius 1 is 0.694 bits per heavy atom. The molecule has 0 saturated heterocycles. The Balaban J connectivity index is 1.56. The zero-order valence-electron chi connectivity index (χ0n) is 19.0. The molecule has 2 aromatic heterocycles. The average Bonchev–Trinajstić information content (AvgIpc) is 3.28. The van der Waals surface area contributed by atoms with E-state index in [9.17, 15) is 8.42 Å². The van der Waals surface area contributed by atoms with Gasteiger partial charge in [0.05, 0.1) is 28.2 Å². The summed E-state index contributed by atoms with van der Waals surface area (Å²) in [6.07, 6.45) is 0. The second-order valence-corrected chi connectivity index (χ2v) is 10.3. The van der Waals surface area contributed by atoms with Gasteiger partial charge in [-0.15, -0.1) is 0 Å². The lowest BCUT2D eigenvalue weighted by Gasteiger charge is -2.12. The van der Waals surface area contributed by atoms with Gasteiger partial charge in [-0.2, -0.15) is 0 Å². The Kier molecular flexibility index (Phi) is 5.14. The number of nitrogens with zero attached hydrogens (tertiary/aromatic N) is 3. The van der Waals surface area contributed by atoms with Crippen molar-refractivity contribution in [2.24, 2.45) is 0 Å². The number of hydrogen-bond donors (Lipinski definition) is 0. The Labute approximate surface area is 208 Å². The topological polar surface area (TPSA) is 56.3 Å². The van der Waals surface area contributed by atoms with Gasteiger partial charge in [-0.25, -0.2) is 18.2 Å². The first-order chi connectivity index (χ1) is 17.6. The Morgan fingerprint density at radius 3 is 2.00 bits per heavy atom. The van der Waals surface area contributed by atoms with E-state index < -0.39 is 9.84 Å². The van der Waals surface area contributed by atoms with Crippen LogP contribution in [-0.4, -0.2) is 18.0 Å². The summed E-state index contributed by atoms with van der Waals surface area (Å²) in [6, 6.07) is 35.1. The van der Waals surface area contributed by atoms with E-state index in [1.165, 1.54) is 6.07 Å². The van der Waals surface area contributed by atoms with Crippen molar-refractivity contribution in [3.05, 3.63) is 127 Å². The molecule has 172 valence electrons. The number of sulfone groups is 1. The molecular weight excluding hydrogens is 466 g/mol. The highest BCUT2D eigenvalue weighted by atomic mass is 32.2. The monoisotopic (exact) mass is 485 g/mol. The van der Waals surface area contributed by atoms with Gasteiger partial charge in [0, 0.05) is 16.5 Å². The smallest absolute Gasteiger partial charge is 0.223 e. The Hall–Kier alpha value is -4.73. The van der Waals surface area contributed by atoms with Crippen LogP contribution in [0.1, 0.15) is 0 Å². The predicted molar refractivity (Wildman–Crippen MR) is 142 cm³/mol. The zero-order chi connectivity index (χ0) is 24.7. The van der Waals surface area contributed by atoms with E-state index in [4.69, 9.17) is 6.57 Å². The minimum absolute atomic E-state index is 0.0298. The number of fused-ring (bicyclic) bond motifs is 3. The van der Waals surface area contributed by atoms with E-state index >= 15 is 0 Å². The number of hydrogen-bond acceptors (Lipinski definition) is 3. The van der Waals surface area contributed by atoms with Crippen molar-refractivity contribution in [1.29, 1.82) is 0 Å². The maximum Gasteiger partial charge on any atom is 0.223 e. The van der Waals surface area contributed by atoms with E-state index in [1.54, 1.807) is 48.5 Å². The molecule has 0 fully saturated rings. The first kappa shape index (κ1) is 21.8. The number of pyridine rings is 1. The van der Waals surface area contributed by atoms with Gasteiger partial charge in [0.2, 0.25) is 9.84 Å². The van der Waals surface area contributed by atoms with Crippen LogP contribution in [0.5, 0.6) is 0 Å². The van der Waals surface area contributed by atoms with Crippen molar-refractivity contribution in [3.8, 4) is 16.9 Å². The summed E-state index contributed by atoms with van der Waals surface area (Å²) < 4.78 is 28.5. The number of aromatic nitrogens is 2. The summed E-state index contributed by atoms with van der Waals surface area (Å²) in [5, 5.41) is 2.21. The minimum atomic E-state index is -3.77. The van der Waals surface area contributed by atoms with Gasteiger partial charge >= 0.3 is 0 Å². The molecule has 2 heterocycles. The summed E-state index contributed by atoms with van der Waals surface area (Å²) in [5.74, 6) is 0. The summed E-state index contributed by atoms with van der Waals surface area (Å²) in [7, 11) is -3.77. The maximum atomic E-state index is 13.2. The Bertz CT molecular complexity index is 1860. The quantitative estimate of drug-likeness (QED) is 0.248. The van der Waals surface area contributed by atoms with Gasteiger partial charge in [-0.05, 0) is 60.2 Å². The van der Waals surface area contributed by atoms with Crippen LogP contribution in [0.2, 0.25) is 0 Å². The summed E-state index contributed by atoms with van der Waals surface area (Å²) in [4.78, 5) is 8.40. The van der Waals surface area contributed by atoms with Gasteiger partial charge < -0.3 is 4.57 Å². The van der Waals surface area contributed by atoms with Crippen LogP contribution in [0.25, 0.3) is 43.6 Å². The number of benzene rings is 4. The molecule has 6 heteroatoms.